The number of rotatable bonds is 5. The van der Waals surface area contributed by atoms with Crippen LogP contribution in [0.2, 0.25) is 0 Å². The average Bonchev–Trinajstić information content (AvgIpc) is 2.10. The second-order valence-electron chi connectivity index (χ2n) is 4.36. The lowest BCUT2D eigenvalue weighted by molar-refractivity contribution is -0.0895. The van der Waals surface area contributed by atoms with E-state index in [9.17, 15) is 5.11 Å². The van der Waals surface area contributed by atoms with Crippen LogP contribution in [0.5, 0.6) is 0 Å². The number of nitrogens with zero attached hydrogens (tertiary/aromatic N) is 1. The van der Waals surface area contributed by atoms with E-state index >= 15 is 0 Å². The van der Waals surface area contributed by atoms with Crippen LogP contribution in [-0.4, -0.2) is 37.1 Å². The van der Waals surface area contributed by atoms with Gasteiger partial charge in [0, 0.05) is 13.3 Å². The highest BCUT2D eigenvalue weighted by atomic mass is 16.5. The molecule has 0 spiro atoms. The number of aliphatic hydroxyl groups is 1. The zero-order valence-electron chi connectivity index (χ0n) is 10.1. The Hall–Kier alpha value is -0.805. The van der Waals surface area contributed by atoms with Gasteiger partial charge in [-0.15, -0.1) is 0 Å². The Morgan fingerprint density at radius 1 is 1.40 bits per heavy atom. The predicted molar refractivity (Wildman–Crippen MR) is 63.9 cm³/mol. The van der Waals surface area contributed by atoms with E-state index in [1.165, 1.54) is 13.7 Å². The first kappa shape index (κ1) is 14.2. The summed E-state index contributed by atoms with van der Waals surface area (Å²) in [6.07, 6.45) is 2.98. The molecule has 0 aliphatic rings. The van der Waals surface area contributed by atoms with Crippen LogP contribution in [-0.2, 0) is 4.65 Å². The van der Waals surface area contributed by atoms with E-state index in [0.29, 0.717) is 5.47 Å². The highest BCUT2D eigenvalue weighted by Crippen LogP contribution is 2.24. The van der Waals surface area contributed by atoms with Crippen LogP contribution < -0.4 is 5.73 Å². The average molecular weight is 211 g/mol. The monoisotopic (exact) mass is 211 g/mol. The molecule has 4 nitrogen and oxygen atoms in total. The van der Waals surface area contributed by atoms with Crippen molar-refractivity contribution in [3.05, 3.63) is 11.7 Å². The fourth-order valence-electron chi connectivity index (χ4n) is 0.621. The Balaban J connectivity index is 4.39. The third-order valence-corrected chi connectivity index (χ3v) is 2.43. The van der Waals surface area contributed by atoms with E-state index in [4.69, 9.17) is 10.4 Å². The van der Waals surface area contributed by atoms with Crippen molar-refractivity contribution in [3.8, 4) is 0 Å². The molecule has 0 fully saturated rings. The normalized spacial score (nSPS) is 14.7. The van der Waals surface area contributed by atoms with Gasteiger partial charge in [0.15, 0.2) is 0 Å². The molecule has 0 atom stereocenters. The van der Waals surface area contributed by atoms with Crippen molar-refractivity contribution < 1.29 is 9.76 Å². The zero-order chi connectivity index (χ0) is 12.1. The largest absolute Gasteiger partial charge is 0.427 e. The van der Waals surface area contributed by atoms with Crippen molar-refractivity contribution in [2.45, 2.75) is 38.9 Å². The summed E-state index contributed by atoms with van der Waals surface area (Å²) in [5.41, 5.74) is 4.40. The number of hydrogen-bond acceptors (Lipinski definition) is 4. The Morgan fingerprint density at radius 2 is 1.93 bits per heavy atom. The van der Waals surface area contributed by atoms with Crippen molar-refractivity contribution in [2.75, 3.05) is 7.05 Å². The maximum absolute atomic E-state index is 9.83. The van der Waals surface area contributed by atoms with Gasteiger partial charge in [0.25, 0.3) is 0 Å². The van der Waals surface area contributed by atoms with Crippen LogP contribution in [0.4, 0.5) is 0 Å². The molecule has 0 heterocycles. The molecule has 0 saturated heterocycles. The molecule has 0 aliphatic heterocycles. The van der Waals surface area contributed by atoms with Gasteiger partial charge in [0.05, 0.1) is 11.2 Å². The number of allylic oxidation sites excluding steroid dienone is 1. The molecule has 1 radical (unpaired) electrons. The minimum atomic E-state index is -0.938. The van der Waals surface area contributed by atoms with Gasteiger partial charge in [-0.2, -0.15) is 0 Å². The molecular weight excluding hydrogens is 191 g/mol. The molecule has 0 bridgehead atoms. The minimum Gasteiger partial charge on any atom is -0.427 e. The van der Waals surface area contributed by atoms with Gasteiger partial charge in [0.2, 0.25) is 0 Å². The number of aliphatic imine (C=N–C) groups is 1. The molecule has 5 heteroatoms. The van der Waals surface area contributed by atoms with Crippen LogP contribution in [0.15, 0.2) is 16.7 Å². The van der Waals surface area contributed by atoms with E-state index in [0.717, 1.165) is 0 Å². The maximum atomic E-state index is 9.83. The Bertz CT molecular complexity index is 255. The first-order valence-corrected chi connectivity index (χ1v) is 4.82. The van der Waals surface area contributed by atoms with Gasteiger partial charge in [-0.05, 0) is 39.4 Å². The quantitative estimate of drug-likeness (QED) is 0.518. The molecule has 0 saturated carbocycles. The molecule has 0 aromatic rings. The van der Waals surface area contributed by atoms with Gasteiger partial charge in [-0.3, -0.25) is 4.99 Å². The van der Waals surface area contributed by atoms with Crippen molar-refractivity contribution in [3.63, 3.8) is 0 Å². The summed E-state index contributed by atoms with van der Waals surface area (Å²) in [6, 6.07) is 0. The molecule has 0 rings (SSSR count). The van der Waals surface area contributed by atoms with E-state index in [1.54, 1.807) is 41.0 Å². The van der Waals surface area contributed by atoms with E-state index < -0.39 is 11.2 Å². The molecule has 15 heavy (non-hydrogen) atoms. The van der Waals surface area contributed by atoms with E-state index in [-0.39, 0.29) is 0 Å². The Kier molecular flexibility index (Phi) is 5.04. The summed E-state index contributed by atoms with van der Waals surface area (Å²) in [5.74, 6) is 0. The summed E-state index contributed by atoms with van der Waals surface area (Å²) in [7, 11) is 3.14. The second kappa shape index (κ2) is 5.33. The van der Waals surface area contributed by atoms with E-state index in [1.807, 2.05) is 0 Å². The third kappa shape index (κ3) is 4.49. The molecule has 0 unspecified atom stereocenters. The standard InChI is InChI=1S/C10H20BN2O2/c1-9(2,14)10(3,4)15-11-8(6-12)7-13-5/h6-7,14H,12H2,1-5H3. The fourth-order valence-corrected chi connectivity index (χ4v) is 0.621. The second-order valence-corrected chi connectivity index (χ2v) is 4.36. The van der Waals surface area contributed by atoms with Crippen molar-refractivity contribution in [2.24, 2.45) is 10.7 Å². The molecule has 3 N–H and O–H groups in total. The minimum absolute atomic E-state index is 0.662. The van der Waals surface area contributed by atoms with Gasteiger partial charge >= 0.3 is 7.48 Å². The van der Waals surface area contributed by atoms with Crippen LogP contribution in [0, 0.1) is 0 Å². The first-order chi connectivity index (χ1) is 6.74. The highest BCUT2D eigenvalue weighted by molar-refractivity contribution is 6.46. The van der Waals surface area contributed by atoms with Gasteiger partial charge in [-0.1, -0.05) is 0 Å². The van der Waals surface area contributed by atoms with Crippen molar-refractivity contribution in [1.82, 2.24) is 0 Å². The van der Waals surface area contributed by atoms with Gasteiger partial charge in [-0.25, -0.2) is 0 Å². The number of nitrogens with two attached hydrogens (primary N) is 1. The lowest BCUT2D eigenvalue weighted by atomic mass is 9.83. The molecule has 85 valence electrons. The molecule has 0 aliphatic carbocycles. The van der Waals surface area contributed by atoms with E-state index in [2.05, 4.69) is 4.99 Å². The lowest BCUT2D eigenvalue weighted by Crippen LogP contribution is -2.48. The molecule has 0 aromatic carbocycles. The summed E-state index contributed by atoms with van der Waals surface area (Å²) in [5, 5.41) is 9.83. The highest BCUT2D eigenvalue weighted by Gasteiger charge is 2.35. The summed E-state index contributed by atoms with van der Waals surface area (Å²) in [6.45, 7) is 7.00. The van der Waals surface area contributed by atoms with Crippen LogP contribution >= 0.6 is 0 Å². The SMILES string of the molecule is CN=CC([B]OC(C)(C)C(C)(C)O)=CN. The third-order valence-electron chi connectivity index (χ3n) is 2.43. The molecule has 0 aromatic heterocycles. The van der Waals surface area contributed by atoms with Crippen LogP contribution in [0.1, 0.15) is 27.7 Å². The number of hydrogen-bond donors (Lipinski definition) is 2. The smallest absolute Gasteiger partial charge is 0.333 e. The summed E-state index contributed by atoms with van der Waals surface area (Å²) in [4.78, 5) is 3.82. The summed E-state index contributed by atoms with van der Waals surface area (Å²) < 4.78 is 5.48. The van der Waals surface area contributed by atoms with Gasteiger partial charge in [0.1, 0.15) is 0 Å². The summed E-state index contributed by atoms with van der Waals surface area (Å²) >= 11 is 0. The fraction of sp³-hybridized carbons (Fsp3) is 0.700. The van der Waals surface area contributed by atoms with Crippen LogP contribution in [0.25, 0.3) is 0 Å². The van der Waals surface area contributed by atoms with Crippen LogP contribution in [0.3, 0.4) is 0 Å². The topological polar surface area (TPSA) is 67.8 Å². The zero-order valence-corrected chi connectivity index (χ0v) is 10.1. The lowest BCUT2D eigenvalue weighted by Gasteiger charge is -2.37. The predicted octanol–water partition coefficient (Wildman–Crippen LogP) is 0.672. The molecular formula is C10H20BN2O2. The Labute approximate surface area is 92.5 Å². The van der Waals surface area contributed by atoms with Crippen molar-refractivity contribution >= 4 is 13.7 Å². The van der Waals surface area contributed by atoms with Gasteiger partial charge < -0.3 is 15.5 Å². The molecule has 0 amide bonds. The van der Waals surface area contributed by atoms with Crippen molar-refractivity contribution in [1.29, 1.82) is 0 Å². The Morgan fingerprint density at radius 3 is 2.27 bits per heavy atom. The maximum Gasteiger partial charge on any atom is 0.333 e. The first-order valence-electron chi connectivity index (χ1n) is 4.82.